The number of carbonyl (C=O) groups excluding carboxylic acids is 1. The first kappa shape index (κ1) is 18.9. The fraction of sp³-hybridized carbons (Fsp3) is 0.611. The second-order valence-electron chi connectivity index (χ2n) is 6.86. The lowest BCUT2D eigenvalue weighted by atomic mass is 9.86. The first-order chi connectivity index (χ1) is 11.3. The minimum atomic E-state index is -3.50. The summed E-state index contributed by atoms with van der Waals surface area (Å²) in [6.07, 6.45) is 7.72. The van der Waals surface area contributed by atoms with Gasteiger partial charge in [0.15, 0.2) is 0 Å². The van der Waals surface area contributed by atoms with E-state index in [9.17, 15) is 13.2 Å². The van der Waals surface area contributed by atoms with E-state index in [0.29, 0.717) is 18.0 Å². The maximum absolute atomic E-state index is 12.2. The molecule has 0 bridgehead atoms. The van der Waals surface area contributed by atoms with Crippen LogP contribution in [0.2, 0.25) is 0 Å². The third kappa shape index (κ3) is 4.80. The number of anilines is 1. The Morgan fingerprint density at radius 2 is 1.88 bits per heavy atom. The molecule has 1 aromatic carbocycles. The molecule has 6 heteroatoms. The van der Waals surface area contributed by atoms with E-state index in [1.807, 2.05) is 6.92 Å². The highest BCUT2D eigenvalue weighted by Gasteiger charge is 2.19. The third-order valence-electron chi connectivity index (χ3n) is 4.77. The van der Waals surface area contributed by atoms with Crippen LogP contribution in [0.3, 0.4) is 0 Å². The van der Waals surface area contributed by atoms with Crippen LogP contribution < -0.4 is 5.32 Å². The summed E-state index contributed by atoms with van der Waals surface area (Å²) in [5, 5.41) is 2.88. The first-order valence-electron chi connectivity index (χ1n) is 8.63. The van der Waals surface area contributed by atoms with Gasteiger partial charge in [-0.25, -0.2) is 12.7 Å². The molecule has 0 aromatic heterocycles. The second kappa shape index (κ2) is 8.12. The molecule has 1 aliphatic rings. The Morgan fingerprint density at radius 1 is 1.21 bits per heavy atom. The van der Waals surface area contributed by atoms with Crippen molar-refractivity contribution < 1.29 is 13.2 Å². The molecule has 1 aromatic rings. The van der Waals surface area contributed by atoms with Gasteiger partial charge in [0, 0.05) is 26.2 Å². The molecule has 1 fully saturated rings. The summed E-state index contributed by atoms with van der Waals surface area (Å²) in [7, 11) is -0.504. The van der Waals surface area contributed by atoms with Crippen LogP contribution in [-0.2, 0) is 14.8 Å². The van der Waals surface area contributed by atoms with Crippen LogP contribution in [0.4, 0.5) is 5.69 Å². The molecule has 0 spiro atoms. The SMILES string of the molecule is Cc1ccc(S(=O)(=O)N(C)C)cc1NC(=O)CCC1CCCCC1. The van der Waals surface area contributed by atoms with Crippen LogP contribution in [0.15, 0.2) is 23.1 Å². The Kier molecular flexibility index (Phi) is 6.40. The van der Waals surface area contributed by atoms with Crippen LogP contribution >= 0.6 is 0 Å². The molecule has 2 rings (SSSR count). The number of rotatable bonds is 6. The fourth-order valence-electron chi connectivity index (χ4n) is 3.13. The lowest BCUT2D eigenvalue weighted by Gasteiger charge is -2.21. The normalized spacial score (nSPS) is 16.3. The molecule has 1 saturated carbocycles. The van der Waals surface area contributed by atoms with Crippen LogP contribution in [0, 0.1) is 12.8 Å². The van der Waals surface area contributed by atoms with Gasteiger partial charge in [0.2, 0.25) is 15.9 Å². The van der Waals surface area contributed by atoms with Crippen molar-refractivity contribution in [2.24, 2.45) is 5.92 Å². The van der Waals surface area contributed by atoms with Gasteiger partial charge in [0.05, 0.1) is 4.90 Å². The van der Waals surface area contributed by atoms with Gasteiger partial charge < -0.3 is 5.32 Å². The van der Waals surface area contributed by atoms with E-state index in [4.69, 9.17) is 0 Å². The van der Waals surface area contributed by atoms with E-state index in [1.165, 1.54) is 50.5 Å². The number of nitrogens with one attached hydrogen (secondary N) is 1. The van der Waals surface area contributed by atoms with Crippen LogP contribution in [0.25, 0.3) is 0 Å². The summed E-state index contributed by atoms with van der Waals surface area (Å²) in [5.41, 5.74) is 1.44. The van der Waals surface area contributed by atoms with E-state index in [2.05, 4.69) is 5.32 Å². The van der Waals surface area contributed by atoms with Crippen molar-refractivity contribution in [3.05, 3.63) is 23.8 Å². The average molecular weight is 353 g/mol. The number of aryl methyl sites for hydroxylation is 1. The Hall–Kier alpha value is -1.40. The summed E-state index contributed by atoms with van der Waals surface area (Å²) in [6, 6.07) is 4.85. The number of sulfonamides is 1. The maximum Gasteiger partial charge on any atom is 0.242 e. The monoisotopic (exact) mass is 352 g/mol. The van der Waals surface area contributed by atoms with E-state index in [1.54, 1.807) is 18.2 Å². The molecule has 24 heavy (non-hydrogen) atoms. The second-order valence-corrected chi connectivity index (χ2v) is 9.01. The van der Waals surface area contributed by atoms with Gasteiger partial charge >= 0.3 is 0 Å². The summed E-state index contributed by atoms with van der Waals surface area (Å²) < 4.78 is 25.6. The zero-order chi connectivity index (χ0) is 17.7. The lowest BCUT2D eigenvalue weighted by molar-refractivity contribution is -0.116. The fourth-order valence-corrected chi connectivity index (χ4v) is 4.06. The Labute approximate surface area is 145 Å². The van der Waals surface area contributed by atoms with Gasteiger partial charge in [-0.15, -0.1) is 0 Å². The molecule has 1 aliphatic carbocycles. The van der Waals surface area contributed by atoms with Crippen molar-refractivity contribution in [1.82, 2.24) is 4.31 Å². The zero-order valence-electron chi connectivity index (χ0n) is 14.8. The molecule has 134 valence electrons. The van der Waals surface area contributed by atoms with Gasteiger partial charge in [-0.3, -0.25) is 4.79 Å². The Bertz CT molecular complexity index is 678. The first-order valence-corrected chi connectivity index (χ1v) is 10.1. The molecule has 1 amide bonds. The minimum Gasteiger partial charge on any atom is -0.326 e. The lowest BCUT2D eigenvalue weighted by Crippen LogP contribution is -2.22. The van der Waals surface area contributed by atoms with E-state index < -0.39 is 10.0 Å². The largest absolute Gasteiger partial charge is 0.326 e. The third-order valence-corrected chi connectivity index (χ3v) is 6.58. The molecule has 0 saturated heterocycles. The highest BCUT2D eigenvalue weighted by molar-refractivity contribution is 7.89. The van der Waals surface area contributed by atoms with Gasteiger partial charge in [-0.05, 0) is 37.0 Å². The van der Waals surface area contributed by atoms with Crippen molar-refractivity contribution in [2.75, 3.05) is 19.4 Å². The van der Waals surface area contributed by atoms with Crippen molar-refractivity contribution in [1.29, 1.82) is 0 Å². The predicted molar refractivity (Wildman–Crippen MR) is 96.5 cm³/mol. The number of nitrogens with zero attached hydrogens (tertiary/aromatic N) is 1. The molecule has 0 heterocycles. The van der Waals surface area contributed by atoms with E-state index >= 15 is 0 Å². The molecule has 0 unspecified atom stereocenters. The summed E-state index contributed by atoms with van der Waals surface area (Å²) in [4.78, 5) is 12.4. The number of benzene rings is 1. The smallest absolute Gasteiger partial charge is 0.242 e. The van der Waals surface area contributed by atoms with E-state index in [-0.39, 0.29) is 10.8 Å². The number of hydrogen-bond donors (Lipinski definition) is 1. The maximum atomic E-state index is 12.2. The molecule has 0 aliphatic heterocycles. The summed E-state index contributed by atoms with van der Waals surface area (Å²) >= 11 is 0. The molecule has 0 atom stereocenters. The van der Waals surface area contributed by atoms with Gasteiger partial charge in [-0.1, -0.05) is 38.2 Å². The summed E-state index contributed by atoms with van der Waals surface area (Å²) in [6.45, 7) is 1.86. The topological polar surface area (TPSA) is 66.5 Å². The molecular formula is C18H28N2O3S. The number of hydrogen-bond acceptors (Lipinski definition) is 3. The van der Waals surface area contributed by atoms with Gasteiger partial charge in [-0.2, -0.15) is 0 Å². The Morgan fingerprint density at radius 3 is 2.50 bits per heavy atom. The highest BCUT2D eigenvalue weighted by Crippen LogP contribution is 2.28. The van der Waals surface area contributed by atoms with Crippen molar-refractivity contribution >= 4 is 21.6 Å². The van der Waals surface area contributed by atoms with Crippen molar-refractivity contribution in [3.8, 4) is 0 Å². The van der Waals surface area contributed by atoms with Crippen LogP contribution in [0.1, 0.15) is 50.5 Å². The molecule has 5 nitrogen and oxygen atoms in total. The van der Waals surface area contributed by atoms with Crippen LogP contribution in [0.5, 0.6) is 0 Å². The van der Waals surface area contributed by atoms with Gasteiger partial charge in [0.1, 0.15) is 0 Å². The molecular weight excluding hydrogens is 324 g/mol. The predicted octanol–water partition coefficient (Wildman–Crippen LogP) is 3.54. The number of carbonyl (C=O) groups is 1. The van der Waals surface area contributed by atoms with E-state index in [0.717, 1.165) is 12.0 Å². The van der Waals surface area contributed by atoms with Gasteiger partial charge in [0.25, 0.3) is 0 Å². The summed E-state index contributed by atoms with van der Waals surface area (Å²) in [5.74, 6) is 0.620. The quantitative estimate of drug-likeness (QED) is 0.851. The zero-order valence-corrected chi connectivity index (χ0v) is 15.7. The molecule has 0 radical (unpaired) electrons. The van der Waals surface area contributed by atoms with Crippen LogP contribution in [-0.4, -0.2) is 32.7 Å². The van der Waals surface area contributed by atoms with Crippen molar-refractivity contribution in [3.63, 3.8) is 0 Å². The standard InChI is InChI=1S/C18H28N2O3S/c1-14-9-11-16(24(22,23)20(2)3)13-17(14)19-18(21)12-10-15-7-5-4-6-8-15/h9,11,13,15H,4-8,10,12H2,1-3H3,(H,19,21). The minimum absolute atomic E-state index is 0.0388. The highest BCUT2D eigenvalue weighted by atomic mass is 32.2. The number of amides is 1. The molecule has 1 N–H and O–H groups in total. The van der Waals surface area contributed by atoms with Crippen molar-refractivity contribution in [2.45, 2.75) is 56.8 Å². The average Bonchev–Trinajstić information content (AvgIpc) is 2.55. The Balaban J connectivity index is 2.01.